The van der Waals surface area contributed by atoms with Crippen LogP contribution in [0.5, 0.6) is 5.88 Å². The number of pyridine rings is 2. The minimum atomic E-state index is -4.82. The summed E-state index contributed by atoms with van der Waals surface area (Å²) in [5.41, 5.74) is 1.53. The van der Waals surface area contributed by atoms with E-state index in [-0.39, 0.29) is 29.4 Å². The first-order valence-electron chi connectivity index (χ1n) is 13.6. The molecule has 13 heteroatoms. The van der Waals surface area contributed by atoms with Crippen LogP contribution in [0.25, 0.3) is 22.3 Å². The van der Waals surface area contributed by atoms with Crippen molar-refractivity contribution in [3.63, 3.8) is 0 Å². The van der Waals surface area contributed by atoms with Crippen molar-refractivity contribution in [2.75, 3.05) is 0 Å². The molecule has 4 heterocycles. The lowest BCUT2D eigenvalue weighted by Crippen LogP contribution is -2.49. The van der Waals surface area contributed by atoms with E-state index in [0.717, 1.165) is 30.4 Å². The van der Waals surface area contributed by atoms with Crippen LogP contribution >= 0.6 is 0 Å². The minimum absolute atomic E-state index is 0.00182. The molecule has 1 N–H and O–H groups in total. The van der Waals surface area contributed by atoms with Gasteiger partial charge < -0.3 is 14.8 Å². The van der Waals surface area contributed by atoms with Crippen LogP contribution < -0.4 is 10.1 Å². The molecule has 5 rings (SSSR count). The molecule has 0 atom stereocenters. The summed E-state index contributed by atoms with van der Waals surface area (Å²) in [5.74, 6) is -3.80. The van der Waals surface area contributed by atoms with Gasteiger partial charge in [-0.3, -0.25) is 9.78 Å². The monoisotopic (exact) mass is 611 g/mol. The Morgan fingerprint density at radius 3 is 2.42 bits per heavy atom. The third-order valence-corrected chi connectivity index (χ3v) is 8.28. The normalized spacial score (nSPS) is 16.7. The van der Waals surface area contributed by atoms with Gasteiger partial charge in [0.1, 0.15) is 11.8 Å². The lowest BCUT2D eigenvalue weighted by Gasteiger charge is -2.44. The molecule has 0 bridgehead atoms. The minimum Gasteiger partial charge on any atom is -0.473 e. The molecule has 0 aliphatic carbocycles. The number of nitrogens with one attached hydrogen (secondary N) is 1. The number of benzene rings is 1. The molecule has 43 heavy (non-hydrogen) atoms. The van der Waals surface area contributed by atoms with Gasteiger partial charge in [-0.15, -0.1) is 10.2 Å². The third-order valence-electron chi connectivity index (χ3n) is 6.90. The van der Waals surface area contributed by atoms with Gasteiger partial charge in [0.05, 0.1) is 39.5 Å². The number of nitrogens with zero attached hydrogens (tertiary/aromatic N) is 4. The fourth-order valence-electron chi connectivity index (χ4n) is 5.26. The van der Waals surface area contributed by atoms with Crippen molar-refractivity contribution in [2.45, 2.75) is 75.0 Å². The van der Waals surface area contributed by atoms with Gasteiger partial charge in [-0.25, -0.2) is 13.4 Å². The maximum atomic E-state index is 12.9. The molecule has 4 aromatic rings. The Morgan fingerprint density at radius 2 is 1.74 bits per heavy atom. The van der Waals surface area contributed by atoms with Crippen molar-refractivity contribution < 1.29 is 31.5 Å². The predicted octanol–water partition coefficient (Wildman–Crippen LogP) is 5.13. The summed E-state index contributed by atoms with van der Waals surface area (Å²) in [7, 11) is -4.82. The number of amides is 1. The van der Waals surface area contributed by atoms with Gasteiger partial charge >= 0.3 is 5.76 Å². The van der Waals surface area contributed by atoms with Crippen molar-refractivity contribution in [3.8, 4) is 17.3 Å². The van der Waals surface area contributed by atoms with Crippen LogP contribution in [-0.2, 0) is 21.1 Å². The zero-order valence-corrected chi connectivity index (χ0v) is 24.9. The first kappa shape index (κ1) is 30.4. The summed E-state index contributed by atoms with van der Waals surface area (Å²) in [6.45, 7) is 8.19. The maximum Gasteiger partial charge on any atom is 0.341 e. The van der Waals surface area contributed by atoms with Gasteiger partial charge in [0.2, 0.25) is 15.7 Å². The highest BCUT2D eigenvalue weighted by molar-refractivity contribution is 7.91. The number of carbonyl (C=O) groups is 1. The van der Waals surface area contributed by atoms with E-state index in [2.05, 4.69) is 25.5 Å². The van der Waals surface area contributed by atoms with Gasteiger partial charge in [0, 0.05) is 36.1 Å². The van der Waals surface area contributed by atoms with E-state index in [4.69, 9.17) is 9.47 Å². The van der Waals surface area contributed by atoms with Crippen LogP contribution in [0.2, 0.25) is 0 Å². The third kappa shape index (κ3) is 7.11. The maximum absolute atomic E-state index is 12.9. The van der Waals surface area contributed by atoms with Gasteiger partial charge in [0.15, 0.2) is 0 Å². The topological polar surface area (TPSA) is 133 Å². The SMILES string of the molecule is CC1(C)CC(Oc2ccc(-c3ccc4cnc(CNC(=O)c5cccc(S(=O)(=O)C(F)F)c5)cc4n3)nn2)CC(C)(C)O1. The average Bonchev–Trinajstić information content (AvgIpc) is 2.94. The molecule has 1 aromatic carbocycles. The molecular formula is C30H31F2N5O5S. The second kappa shape index (κ2) is 11.5. The number of sulfone groups is 1. The number of aromatic nitrogens is 4. The lowest BCUT2D eigenvalue weighted by molar-refractivity contribution is -0.182. The molecule has 0 unspecified atom stereocenters. The van der Waals surface area contributed by atoms with Crippen molar-refractivity contribution in [3.05, 3.63) is 72.1 Å². The first-order chi connectivity index (χ1) is 20.2. The fraction of sp³-hybridized carbons (Fsp3) is 0.367. The zero-order valence-electron chi connectivity index (χ0n) is 24.0. The second-order valence-electron chi connectivity index (χ2n) is 11.6. The molecule has 1 amide bonds. The lowest BCUT2D eigenvalue weighted by atomic mass is 9.87. The number of carbonyl (C=O) groups excluding carboxylic acids is 1. The van der Waals surface area contributed by atoms with Gasteiger partial charge in [0.25, 0.3) is 5.91 Å². The summed E-state index contributed by atoms with van der Waals surface area (Å²) in [6.07, 6.45) is 3.02. The largest absolute Gasteiger partial charge is 0.473 e. The summed E-state index contributed by atoms with van der Waals surface area (Å²) in [4.78, 5) is 21.0. The molecule has 1 aliphatic rings. The highest BCUT2D eigenvalue weighted by atomic mass is 32.2. The number of hydrogen-bond donors (Lipinski definition) is 1. The molecular weight excluding hydrogens is 580 g/mol. The molecule has 0 spiro atoms. The number of hydrogen-bond acceptors (Lipinski definition) is 9. The Bertz CT molecular complexity index is 1750. The predicted molar refractivity (Wildman–Crippen MR) is 154 cm³/mol. The van der Waals surface area contributed by atoms with E-state index < -0.39 is 26.4 Å². The van der Waals surface area contributed by atoms with E-state index in [1.807, 2.05) is 33.8 Å². The van der Waals surface area contributed by atoms with Crippen molar-refractivity contribution >= 4 is 26.6 Å². The molecule has 3 aromatic heterocycles. The van der Waals surface area contributed by atoms with Gasteiger partial charge in [-0.05, 0) is 70.2 Å². The smallest absolute Gasteiger partial charge is 0.341 e. The molecule has 0 saturated carbocycles. The van der Waals surface area contributed by atoms with Crippen LogP contribution in [0, 0.1) is 0 Å². The van der Waals surface area contributed by atoms with Crippen LogP contribution in [0.3, 0.4) is 0 Å². The summed E-state index contributed by atoms with van der Waals surface area (Å²) in [5, 5.41) is 12.0. The first-order valence-corrected chi connectivity index (χ1v) is 15.1. The van der Waals surface area contributed by atoms with Gasteiger partial charge in [-0.1, -0.05) is 6.07 Å². The van der Waals surface area contributed by atoms with Crippen molar-refractivity contribution in [1.82, 2.24) is 25.5 Å². The van der Waals surface area contributed by atoms with Crippen molar-refractivity contribution in [1.29, 1.82) is 0 Å². The van der Waals surface area contributed by atoms with E-state index in [1.165, 1.54) is 12.1 Å². The Hall–Kier alpha value is -4.10. The fourth-order valence-corrected chi connectivity index (χ4v) is 6.03. The standard InChI is InChI=1S/C30H31F2N5O5S/c1-29(2)14-21(15-30(3,4)42-29)41-26-11-10-24(36-37-26)23-9-8-19-16-33-20(13-25(19)35-23)17-34-27(38)18-6-5-7-22(12-18)43(39,40)28(31)32/h5-13,16,21,28H,14-15,17H2,1-4H3,(H,34,38). The molecule has 1 fully saturated rings. The Morgan fingerprint density at radius 1 is 1.02 bits per heavy atom. The van der Waals surface area contributed by atoms with Crippen molar-refractivity contribution in [2.24, 2.45) is 0 Å². The second-order valence-corrected chi connectivity index (χ2v) is 13.5. The number of rotatable bonds is 8. The van der Waals surface area contributed by atoms with Gasteiger partial charge in [-0.2, -0.15) is 8.78 Å². The van der Waals surface area contributed by atoms with E-state index in [1.54, 1.807) is 30.5 Å². The average molecular weight is 612 g/mol. The molecule has 226 valence electrons. The quantitative estimate of drug-likeness (QED) is 0.288. The Kier molecular flexibility index (Phi) is 8.14. The van der Waals surface area contributed by atoms with E-state index in [9.17, 15) is 22.0 Å². The van der Waals surface area contributed by atoms with Crippen LogP contribution in [0.15, 0.2) is 65.7 Å². The van der Waals surface area contributed by atoms with E-state index in [0.29, 0.717) is 28.5 Å². The highest BCUT2D eigenvalue weighted by Crippen LogP contribution is 2.36. The zero-order chi connectivity index (χ0) is 31.0. The molecule has 0 radical (unpaired) electrons. The summed E-state index contributed by atoms with van der Waals surface area (Å²) in [6, 6.07) is 13.4. The summed E-state index contributed by atoms with van der Waals surface area (Å²) >= 11 is 0. The van der Waals surface area contributed by atoms with Crippen LogP contribution in [0.1, 0.15) is 56.6 Å². The number of fused-ring (bicyclic) bond motifs is 1. The number of halogens is 2. The Labute approximate surface area is 247 Å². The highest BCUT2D eigenvalue weighted by Gasteiger charge is 2.40. The molecule has 1 saturated heterocycles. The number of alkyl halides is 2. The molecule has 1 aliphatic heterocycles. The Balaban J connectivity index is 1.27. The summed E-state index contributed by atoms with van der Waals surface area (Å²) < 4.78 is 61.6. The molecule has 10 nitrogen and oxygen atoms in total. The van der Waals surface area contributed by atoms with Crippen LogP contribution in [-0.4, -0.2) is 57.6 Å². The van der Waals surface area contributed by atoms with E-state index >= 15 is 0 Å². The number of ether oxygens (including phenoxy) is 2. The van der Waals surface area contributed by atoms with Crippen LogP contribution in [0.4, 0.5) is 8.78 Å².